The van der Waals surface area contributed by atoms with E-state index in [1.165, 1.54) is 13.2 Å². The molecule has 0 saturated carbocycles. The van der Waals surface area contributed by atoms with Crippen LogP contribution in [0.3, 0.4) is 0 Å². The molecule has 3 heteroatoms. The van der Waals surface area contributed by atoms with Crippen LogP contribution in [-0.2, 0) is 13.5 Å². The van der Waals surface area contributed by atoms with Gasteiger partial charge in [0.2, 0.25) is 0 Å². The molecule has 0 saturated heterocycles. The van der Waals surface area contributed by atoms with E-state index in [9.17, 15) is 0 Å². The third kappa shape index (κ3) is 4.56. The Morgan fingerprint density at radius 1 is 0.429 bits per heavy atom. The van der Waals surface area contributed by atoms with E-state index < -0.39 is 14.3 Å². The molecule has 3 aromatic rings. The molecule has 0 fully saturated rings. The Morgan fingerprint density at radius 3 is 0.905 bits per heavy atom. The van der Waals surface area contributed by atoms with Crippen LogP contribution in [0, 0.1) is 0 Å². The normalized spacial score (nSPS) is 9.57. The monoisotopic (exact) mass is 345 g/mol. The van der Waals surface area contributed by atoms with Crippen LogP contribution >= 0.6 is 0 Å². The molecule has 0 aliphatic carbocycles. The van der Waals surface area contributed by atoms with Gasteiger partial charge in [-0.2, -0.15) is 0 Å². The first-order chi connectivity index (χ1) is 9.45. The van der Waals surface area contributed by atoms with Crippen LogP contribution in [0.25, 0.3) is 0 Å². The van der Waals surface area contributed by atoms with Crippen LogP contribution in [0.5, 0.6) is 0 Å². The van der Waals surface area contributed by atoms with Gasteiger partial charge < -0.3 is 13.5 Å². The Bertz CT molecular complexity index is 535. The second-order valence-corrected chi connectivity index (χ2v) is 9.68. The molecule has 0 aromatic heterocycles. The van der Waals surface area contributed by atoms with Crippen molar-refractivity contribution >= 4 is 41.0 Å². The molecule has 21 heavy (non-hydrogen) atoms. The van der Waals surface area contributed by atoms with Crippen molar-refractivity contribution in [1.29, 1.82) is 0 Å². The van der Waals surface area contributed by atoms with E-state index in [2.05, 4.69) is 91.0 Å². The van der Waals surface area contributed by atoms with Gasteiger partial charge in [0.1, 0.15) is 0 Å². The molecule has 99 valence electrons. The van der Waals surface area contributed by atoms with Gasteiger partial charge in [-0.3, -0.25) is 0 Å². The average molecular weight is 344 g/mol. The van der Waals surface area contributed by atoms with Gasteiger partial charge in [0.15, 0.2) is 0 Å². The van der Waals surface area contributed by atoms with Gasteiger partial charge in [0.25, 0.3) is 0 Å². The van der Waals surface area contributed by atoms with Gasteiger partial charge >= 0.3 is 137 Å². The van der Waals surface area contributed by atoms with E-state index in [-0.39, 0.29) is 32.4 Å². The second-order valence-electron chi connectivity index (χ2n) is 4.47. The fourth-order valence-corrected chi connectivity index (χ4v) is 7.72. The molecular weight excluding hydrogens is 328 g/mol. The third-order valence-electron chi connectivity index (χ3n) is 3.19. The average Bonchev–Trinajstić information content (AvgIpc) is 2.51. The minimum absolute atomic E-state index is 0. The zero-order chi connectivity index (χ0) is 12.9. The molecule has 0 unspecified atom stereocenters. The van der Waals surface area contributed by atoms with Crippen molar-refractivity contribution < 1.29 is 18.9 Å². The van der Waals surface area contributed by atoms with Crippen molar-refractivity contribution in [1.82, 2.24) is 0 Å². The van der Waals surface area contributed by atoms with Crippen LogP contribution in [0.1, 0.15) is 0 Å². The molecular formula is C18H16GeLiS. The Morgan fingerprint density at radius 2 is 0.667 bits per heavy atom. The van der Waals surface area contributed by atoms with Crippen molar-refractivity contribution in [2.75, 3.05) is 0 Å². The van der Waals surface area contributed by atoms with Crippen LogP contribution in [-0.4, -0.2) is 14.3 Å². The molecule has 0 bridgehead atoms. The Balaban J connectivity index is 0.00000110. The summed E-state index contributed by atoms with van der Waals surface area (Å²) in [5.41, 5.74) is 0. The molecule has 0 aliphatic heterocycles. The molecule has 0 atom stereocenters. The van der Waals surface area contributed by atoms with Crippen molar-refractivity contribution in [2.45, 2.75) is 0 Å². The molecule has 0 heterocycles. The zero-order valence-corrected chi connectivity index (χ0v) is 15.1. The molecule has 0 aliphatic rings. The van der Waals surface area contributed by atoms with Gasteiger partial charge in [-0.25, -0.2) is 0 Å². The first-order valence-corrected chi connectivity index (χ1v) is 9.63. The Hall–Kier alpha value is -0.850. The SMILES string of the molecule is [Li+].[SH-].c1cc[c]([Ge]([c]2ccccc2)[c]2ccccc2)cc1. The number of rotatable bonds is 3. The molecule has 0 nitrogen and oxygen atoms in total. The summed E-state index contributed by atoms with van der Waals surface area (Å²) in [4.78, 5) is 0. The summed E-state index contributed by atoms with van der Waals surface area (Å²) in [5, 5.41) is 0. The predicted molar refractivity (Wildman–Crippen MR) is 92.7 cm³/mol. The van der Waals surface area contributed by atoms with E-state index in [0.29, 0.717) is 0 Å². The van der Waals surface area contributed by atoms with Crippen LogP contribution < -0.4 is 32.0 Å². The van der Waals surface area contributed by atoms with Crippen LogP contribution in [0.4, 0.5) is 0 Å². The van der Waals surface area contributed by atoms with Crippen LogP contribution in [0.15, 0.2) is 91.0 Å². The van der Waals surface area contributed by atoms with Gasteiger partial charge in [0.05, 0.1) is 0 Å². The zero-order valence-electron chi connectivity index (χ0n) is 12.1. The number of benzene rings is 3. The summed E-state index contributed by atoms with van der Waals surface area (Å²) in [7, 11) is 0. The first-order valence-electron chi connectivity index (χ1n) is 6.48. The minimum atomic E-state index is -1.63. The summed E-state index contributed by atoms with van der Waals surface area (Å²) < 4.78 is 4.50. The van der Waals surface area contributed by atoms with E-state index in [4.69, 9.17) is 0 Å². The number of hydrogen-bond acceptors (Lipinski definition) is 1. The fraction of sp³-hybridized carbons (Fsp3) is 0. The summed E-state index contributed by atoms with van der Waals surface area (Å²) in [5.74, 6) is 0. The van der Waals surface area contributed by atoms with E-state index >= 15 is 0 Å². The molecule has 3 aromatic carbocycles. The van der Waals surface area contributed by atoms with Crippen molar-refractivity contribution in [3.63, 3.8) is 0 Å². The number of thiol groups is 1. The second kappa shape index (κ2) is 9.23. The van der Waals surface area contributed by atoms with Gasteiger partial charge in [-0.15, -0.1) is 0 Å². The van der Waals surface area contributed by atoms with Gasteiger partial charge in [-0.05, 0) is 0 Å². The Kier molecular flexibility index (Phi) is 8.00. The van der Waals surface area contributed by atoms with E-state index in [1.54, 1.807) is 0 Å². The standard InChI is InChI=1S/C18H15Ge.Li.H2S/c1-4-10-16(11-5-1)19(17-12-6-2-7-13-17)18-14-8-3-9-15-18;;/h1-15H;;1H2/q;+1;/p-1. The molecule has 1 radical (unpaired) electrons. The van der Waals surface area contributed by atoms with Crippen molar-refractivity contribution in [2.24, 2.45) is 0 Å². The van der Waals surface area contributed by atoms with E-state index in [1.807, 2.05) is 0 Å². The topological polar surface area (TPSA) is 0 Å². The predicted octanol–water partition coefficient (Wildman–Crippen LogP) is -1.06. The third-order valence-corrected chi connectivity index (χ3v) is 8.92. The van der Waals surface area contributed by atoms with Gasteiger partial charge in [0, 0.05) is 0 Å². The quantitative estimate of drug-likeness (QED) is 0.332. The molecule has 0 spiro atoms. The molecule has 0 N–H and O–H groups in total. The first kappa shape index (κ1) is 18.2. The number of hydrogen-bond donors (Lipinski definition) is 0. The van der Waals surface area contributed by atoms with E-state index in [0.717, 1.165) is 0 Å². The summed E-state index contributed by atoms with van der Waals surface area (Å²) in [6, 6.07) is 32.8. The Labute approximate surface area is 150 Å². The maximum absolute atomic E-state index is 2.27. The maximum atomic E-state index is 2.27. The van der Waals surface area contributed by atoms with Crippen molar-refractivity contribution in [3.8, 4) is 0 Å². The fourth-order valence-electron chi connectivity index (χ4n) is 2.31. The molecule has 0 amide bonds. The van der Waals surface area contributed by atoms with Crippen LogP contribution in [0.2, 0.25) is 0 Å². The van der Waals surface area contributed by atoms with Crippen molar-refractivity contribution in [3.05, 3.63) is 91.0 Å². The summed E-state index contributed by atoms with van der Waals surface area (Å²) >= 11 is -1.63. The molecule has 3 rings (SSSR count). The summed E-state index contributed by atoms with van der Waals surface area (Å²) in [6.07, 6.45) is 0. The summed E-state index contributed by atoms with van der Waals surface area (Å²) in [6.45, 7) is 0. The van der Waals surface area contributed by atoms with Gasteiger partial charge in [-0.1, -0.05) is 0 Å².